The molecule has 0 saturated heterocycles. The molecule has 0 aliphatic heterocycles. The number of carbonyl (C=O) groups is 2. The Morgan fingerprint density at radius 1 is 1.08 bits per heavy atom. The maximum Gasteiger partial charge on any atom is 0.257 e. The highest BCUT2D eigenvalue weighted by molar-refractivity contribution is 6.17. The monoisotopic (exact) mass is 321 g/mol. The number of hydrogen-bond acceptors (Lipinski definition) is 3. The standard InChI is InChI=1S/C19H19N3O2/c1-3-6-13-11-18(22-21-13)20-19(24)17-10-9-14(12(2)23)15-7-4-5-8-16(15)17/h4-5,7-11H,3,6H2,1-2H3,(H2,20,21,22,24). The van der Waals surface area contributed by atoms with E-state index >= 15 is 0 Å². The van der Waals surface area contributed by atoms with Gasteiger partial charge in [0.05, 0.1) is 0 Å². The number of rotatable bonds is 5. The van der Waals surface area contributed by atoms with Gasteiger partial charge in [0.25, 0.3) is 5.91 Å². The van der Waals surface area contributed by atoms with Gasteiger partial charge in [0.15, 0.2) is 11.6 Å². The molecule has 1 aromatic heterocycles. The lowest BCUT2D eigenvalue weighted by Crippen LogP contribution is -2.13. The van der Waals surface area contributed by atoms with E-state index in [1.54, 1.807) is 12.1 Å². The van der Waals surface area contributed by atoms with E-state index in [4.69, 9.17) is 0 Å². The molecule has 0 saturated carbocycles. The Morgan fingerprint density at radius 3 is 2.42 bits per heavy atom. The molecule has 3 rings (SSSR count). The molecule has 2 N–H and O–H groups in total. The number of nitrogens with zero attached hydrogens (tertiary/aromatic N) is 1. The van der Waals surface area contributed by atoms with Crippen molar-refractivity contribution >= 4 is 28.3 Å². The van der Waals surface area contributed by atoms with Crippen LogP contribution in [-0.4, -0.2) is 21.9 Å². The summed E-state index contributed by atoms with van der Waals surface area (Å²) in [4.78, 5) is 24.4. The van der Waals surface area contributed by atoms with Crippen LogP contribution in [0.25, 0.3) is 10.8 Å². The first-order valence-corrected chi connectivity index (χ1v) is 7.98. The molecular formula is C19H19N3O2. The fraction of sp³-hybridized carbons (Fsp3) is 0.211. The van der Waals surface area contributed by atoms with E-state index in [1.165, 1.54) is 6.92 Å². The van der Waals surface area contributed by atoms with E-state index in [0.29, 0.717) is 16.9 Å². The number of aromatic nitrogens is 2. The highest BCUT2D eigenvalue weighted by Gasteiger charge is 2.15. The van der Waals surface area contributed by atoms with Gasteiger partial charge in [-0.2, -0.15) is 5.10 Å². The first-order valence-electron chi connectivity index (χ1n) is 7.98. The molecule has 2 aromatic carbocycles. The molecule has 0 aliphatic rings. The zero-order valence-corrected chi connectivity index (χ0v) is 13.7. The summed E-state index contributed by atoms with van der Waals surface area (Å²) in [7, 11) is 0. The molecule has 0 aliphatic carbocycles. The number of aryl methyl sites for hydroxylation is 1. The summed E-state index contributed by atoms with van der Waals surface area (Å²) in [5, 5.41) is 11.4. The number of nitrogens with one attached hydrogen (secondary N) is 2. The van der Waals surface area contributed by atoms with E-state index in [9.17, 15) is 9.59 Å². The van der Waals surface area contributed by atoms with Gasteiger partial charge >= 0.3 is 0 Å². The number of fused-ring (bicyclic) bond motifs is 1. The summed E-state index contributed by atoms with van der Waals surface area (Å²) in [6.45, 7) is 3.61. The van der Waals surface area contributed by atoms with E-state index in [-0.39, 0.29) is 11.7 Å². The van der Waals surface area contributed by atoms with Crippen LogP contribution >= 0.6 is 0 Å². The lowest BCUT2D eigenvalue weighted by atomic mass is 9.97. The summed E-state index contributed by atoms with van der Waals surface area (Å²) in [6.07, 6.45) is 1.89. The van der Waals surface area contributed by atoms with Crippen molar-refractivity contribution in [1.82, 2.24) is 10.2 Å². The molecular weight excluding hydrogens is 302 g/mol. The molecule has 0 atom stereocenters. The topological polar surface area (TPSA) is 74.8 Å². The minimum Gasteiger partial charge on any atom is -0.305 e. The maximum atomic E-state index is 12.6. The highest BCUT2D eigenvalue weighted by atomic mass is 16.1. The van der Waals surface area contributed by atoms with Gasteiger partial charge in [0.1, 0.15) is 0 Å². The minimum atomic E-state index is -0.240. The molecule has 0 unspecified atom stereocenters. The average Bonchev–Trinajstić information content (AvgIpc) is 3.01. The van der Waals surface area contributed by atoms with Crippen molar-refractivity contribution in [1.29, 1.82) is 0 Å². The Kier molecular flexibility index (Phi) is 4.42. The zero-order valence-electron chi connectivity index (χ0n) is 13.7. The molecule has 0 spiro atoms. The number of benzene rings is 2. The highest BCUT2D eigenvalue weighted by Crippen LogP contribution is 2.24. The number of carbonyl (C=O) groups excluding carboxylic acids is 2. The molecule has 3 aromatic rings. The van der Waals surface area contributed by atoms with Crippen LogP contribution in [-0.2, 0) is 6.42 Å². The van der Waals surface area contributed by atoms with Crippen LogP contribution in [0.4, 0.5) is 5.82 Å². The molecule has 1 heterocycles. The van der Waals surface area contributed by atoms with Gasteiger partial charge in [0.2, 0.25) is 0 Å². The Balaban J connectivity index is 1.95. The number of amides is 1. The third-order valence-electron chi connectivity index (χ3n) is 3.94. The number of anilines is 1. The minimum absolute atomic E-state index is 0.0188. The lowest BCUT2D eigenvalue weighted by molar-refractivity contribution is 0.101. The Bertz CT molecular complexity index is 912. The quantitative estimate of drug-likeness (QED) is 0.698. The van der Waals surface area contributed by atoms with Crippen molar-refractivity contribution in [3.8, 4) is 0 Å². The predicted molar refractivity (Wildman–Crippen MR) is 94.5 cm³/mol. The van der Waals surface area contributed by atoms with Crippen LogP contribution in [0.2, 0.25) is 0 Å². The number of H-pyrrole nitrogens is 1. The molecule has 24 heavy (non-hydrogen) atoms. The fourth-order valence-corrected chi connectivity index (χ4v) is 2.81. The average molecular weight is 321 g/mol. The summed E-state index contributed by atoms with van der Waals surface area (Å²) >= 11 is 0. The number of ketones is 1. The molecule has 0 bridgehead atoms. The van der Waals surface area contributed by atoms with E-state index in [1.807, 2.05) is 30.3 Å². The number of hydrogen-bond donors (Lipinski definition) is 2. The van der Waals surface area contributed by atoms with Crippen LogP contribution < -0.4 is 5.32 Å². The molecule has 122 valence electrons. The van der Waals surface area contributed by atoms with Gasteiger partial charge in [0, 0.05) is 22.9 Å². The second kappa shape index (κ2) is 6.66. The van der Waals surface area contributed by atoms with Crippen LogP contribution in [0.1, 0.15) is 46.7 Å². The summed E-state index contributed by atoms with van der Waals surface area (Å²) in [6, 6.07) is 12.7. The second-order valence-electron chi connectivity index (χ2n) is 5.75. The largest absolute Gasteiger partial charge is 0.305 e. The molecule has 5 nitrogen and oxygen atoms in total. The van der Waals surface area contributed by atoms with Gasteiger partial charge in [-0.05, 0) is 36.2 Å². The van der Waals surface area contributed by atoms with Crippen molar-refractivity contribution in [3.05, 3.63) is 59.3 Å². The van der Waals surface area contributed by atoms with Gasteiger partial charge in [-0.15, -0.1) is 0 Å². The van der Waals surface area contributed by atoms with E-state index in [0.717, 1.165) is 29.3 Å². The van der Waals surface area contributed by atoms with E-state index in [2.05, 4.69) is 22.4 Å². The van der Waals surface area contributed by atoms with Crippen LogP contribution in [0.3, 0.4) is 0 Å². The normalized spacial score (nSPS) is 10.8. The Labute approximate surface area is 140 Å². The fourth-order valence-electron chi connectivity index (χ4n) is 2.81. The van der Waals surface area contributed by atoms with Crippen molar-refractivity contribution in [3.63, 3.8) is 0 Å². The summed E-state index contributed by atoms with van der Waals surface area (Å²) in [5.74, 6) is 0.244. The summed E-state index contributed by atoms with van der Waals surface area (Å²) < 4.78 is 0. The molecule has 0 fully saturated rings. The molecule has 1 amide bonds. The van der Waals surface area contributed by atoms with Gasteiger partial charge in [-0.25, -0.2) is 0 Å². The summed E-state index contributed by atoms with van der Waals surface area (Å²) in [5.41, 5.74) is 2.13. The lowest BCUT2D eigenvalue weighted by Gasteiger charge is -2.09. The van der Waals surface area contributed by atoms with Crippen LogP contribution in [0.5, 0.6) is 0 Å². The SMILES string of the molecule is CCCc1cc(NC(=O)c2ccc(C(C)=O)c3ccccc23)n[nH]1. The third-order valence-corrected chi connectivity index (χ3v) is 3.94. The van der Waals surface area contributed by atoms with Gasteiger partial charge in [-0.3, -0.25) is 14.7 Å². The number of aromatic amines is 1. The van der Waals surface area contributed by atoms with Crippen LogP contribution in [0.15, 0.2) is 42.5 Å². The molecule has 5 heteroatoms. The first-order chi connectivity index (χ1) is 11.6. The Morgan fingerprint density at radius 2 is 1.75 bits per heavy atom. The van der Waals surface area contributed by atoms with E-state index < -0.39 is 0 Å². The number of Topliss-reactive ketones (excluding diaryl/α,β-unsaturated/α-hetero) is 1. The maximum absolute atomic E-state index is 12.6. The first kappa shape index (κ1) is 15.9. The second-order valence-corrected chi connectivity index (χ2v) is 5.75. The van der Waals surface area contributed by atoms with Crippen molar-refractivity contribution in [2.24, 2.45) is 0 Å². The zero-order chi connectivity index (χ0) is 17.1. The van der Waals surface area contributed by atoms with Gasteiger partial charge in [-0.1, -0.05) is 37.6 Å². The smallest absolute Gasteiger partial charge is 0.257 e. The van der Waals surface area contributed by atoms with Crippen molar-refractivity contribution < 1.29 is 9.59 Å². The predicted octanol–water partition coefficient (Wildman–Crippen LogP) is 3.97. The Hall–Kier alpha value is -2.95. The van der Waals surface area contributed by atoms with Crippen LogP contribution in [0, 0.1) is 0 Å². The van der Waals surface area contributed by atoms with Gasteiger partial charge < -0.3 is 5.32 Å². The van der Waals surface area contributed by atoms with Crippen molar-refractivity contribution in [2.75, 3.05) is 5.32 Å². The third kappa shape index (κ3) is 3.06. The molecule has 0 radical (unpaired) electrons. The van der Waals surface area contributed by atoms with Crippen molar-refractivity contribution in [2.45, 2.75) is 26.7 Å².